The van der Waals surface area contributed by atoms with E-state index in [-0.39, 0.29) is 0 Å². The van der Waals surface area contributed by atoms with Gasteiger partial charge in [0.25, 0.3) is 0 Å². The number of aromatic nitrogens is 5. The van der Waals surface area contributed by atoms with Crippen molar-refractivity contribution in [1.29, 1.82) is 0 Å². The van der Waals surface area contributed by atoms with E-state index in [1.807, 2.05) is 24.4 Å². The fourth-order valence-corrected chi connectivity index (χ4v) is 2.04. The number of hydrogen-bond acceptors (Lipinski definition) is 4. The molecule has 0 bridgehead atoms. The number of benzene rings is 1. The summed E-state index contributed by atoms with van der Waals surface area (Å²) in [5, 5.41) is 18.8. The van der Waals surface area contributed by atoms with E-state index in [1.165, 1.54) is 10.9 Å². The fourth-order valence-electron chi connectivity index (χ4n) is 1.87. The lowest BCUT2D eigenvalue weighted by Crippen LogP contribution is -2.13. The summed E-state index contributed by atoms with van der Waals surface area (Å²) in [6.45, 7) is 1.31. The average molecular weight is 263 g/mol. The van der Waals surface area contributed by atoms with Crippen molar-refractivity contribution in [3.8, 4) is 0 Å². The molecule has 0 atom stereocenters. The van der Waals surface area contributed by atoms with Gasteiger partial charge in [-0.25, -0.2) is 0 Å². The summed E-state index contributed by atoms with van der Waals surface area (Å²) in [6, 6.07) is 5.82. The summed E-state index contributed by atoms with van der Waals surface area (Å²) in [5.41, 5.74) is 2.23. The van der Waals surface area contributed by atoms with Gasteiger partial charge in [0.2, 0.25) is 0 Å². The lowest BCUT2D eigenvalue weighted by atomic mass is 10.2. The van der Waals surface area contributed by atoms with Crippen LogP contribution in [0.4, 0.5) is 0 Å². The second-order valence-corrected chi connectivity index (χ2v) is 4.37. The van der Waals surface area contributed by atoms with Crippen LogP contribution < -0.4 is 5.32 Å². The first-order chi connectivity index (χ1) is 8.83. The molecule has 0 unspecified atom stereocenters. The number of H-pyrrole nitrogens is 2. The summed E-state index contributed by atoms with van der Waals surface area (Å²) in [5.74, 6) is 0.651. The average Bonchev–Trinajstić information content (AvgIpc) is 2.99. The molecule has 2 aromatic heterocycles. The monoisotopic (exact) mass is 262 g/mol. The van der Waals surface area contributed by atoms with Crippen molar-refractivity contribution in [2.24, 2.45) is 0 Å². The van der Waals surface area contributed by atoms with E-state index < -0.39 is 0 Å². The third-order valence-electron chi connectivity index (χ3n) is 2.72. The predicted molar refractivity (Wildman–Crippen MR) is 68.0 cm³/mol. The van der Waals surface area contributed by atoms with Crippen LogP contribution in [0, 0.1) is 0 Å². The second kappa shape index (κ2) is 4.75. The third-order valence-corrected chi connectivity index (χ3v) is 2.95. The summed E-state index contributed by atoms with van der Waals surface area (Å²) in [7, 11) is 0. The van der Waals surface area contributed by atoms with E-state index in [4.69, 9.17) is 11.6 Å². The topological polar surface area (TPSA) is 82.3 Å². The Morgan fingerprint density at radius 1 is 1.28 bits per heavy atom. The number of hydrogen-bond donors (Lipinski definition) is 3. The zero-order chi connectivity index (χ0) is 12.4. The number of tetrazole rings is 1. The van der Waals surface area contributed by atoms with Gasteiger partial charge in [0.1, 0.15) is 0 Å². The van der Waals surface area contributed by atoms with Crippen LogP contribution in [-0.2, 0) is 13.1 Å². The molecule has 3 aromatic rings. The summed E-state index contributed by atoms with van der Waals surface area (Å²) < 4.78 is 0. The molecular weight excluding hydrogens is 252 g/mol. The molecule has 0 aliphatic carbocycles. The Bertz CT molecular complexity index is 645. The SMILES string of the molecule is Clc1ccc2c(CNCc3nn[nH]n3)c[nH]c2c1. The first-order valence-electron chi connectivity index (χ1n) is 5.51. The van der Waals surface area contributed by atoms with Crippen LogP contribution in [0.3, 0.4) is 0 Å². The van der Waals surface area contributed by atoms with Crippen LogP contribution >= 0.6 is 11.6 Å². The van der Waals surface area contributed by atoms with Crippen molar-refractivity contribution in [3.05, 3.63) is 40.8 Å². The Hall–Kier alpha value is -1.92. The van der Waals surface area contributed by atoms with E-state index in [0.29, 0.717) is 12.4 Å². The predicted octanol–water partition coefficient (Wildman–Crippen LogP) is 1.62. The molecule has 0 spiro atoms. The van der Waals surface area contributed by atoms with E-state index in [2.05, 4.69) is 30.9 Å². The third kappa shape index (κ3) is 2.20. The van der Waals surface area contributed by atoms with Crippen molar-refractivity contribution >= 4 is 22.5 Å². The van der Waals surface area contributed by atoms with Crippen molar-refractivity contribution in [3.63, 3.8) is 0 Å². The summed E-state index contributed by atoms with van der Waals surface area (Å²) in [6.07, 6.45) is 1.98. The highest BCUT2D eigenvalue weighted by atomic mass is 35.5. The van der Waals surface area contributed by atoms with Gasteiger partial charge in [-0.3, -0.25) is 0 Å². The van der Waals surface area contributed by atoms with Crippen LogP contribution in [0.25, 0.3) is 10.9 Å². The van der Waals surface area contributed by atoms with Crippen molar-refractivity contribution < 1.29 is 0 Å². The van der Waals surface area contributed by atoms with E-state index >= 15 is 0 Å². The zero-order valence-electron chi connectivity index (χ0n) is 9.44. The molecule has 0 amide bonds. The smallest absolute Gasteiger partial charge is 0.188 e. The maximum absolute atomic E-state index is 5.94. The minimum atomic E-state index is 0.580. The Morgan fingerprint density at radius 2 is 2.22 bits per heavy atom. The fraction of sp³-hybridized carbons (Fsp3) is 0.182. The molecule has 1 aromatic carbocycles. The molecule has 0 saturated carbocycles. The number of nitrogens with zero attached hydrogens (tertiary/aromatic N) is 3. The van der Waals surface area contributed by atoms with Crippen LogP contribution in [0.15, 0.2) is 24.4 Å². The molecule has 0 fully saturated rings. The number of halogens is 1. The van der Waals surface area contributed by atoms with Gasteiger partial charge in [-0.15, -0.1) is 10.2 Å². The largest absolute Gasteiger partial charge is 0.361 e. The van der Waals surface area contributed by atoms with Gasteiger partial charge in [0.15, 0.2) is 5.82 Å². The second-order valence-electron chi connectivity index (χ2n) is 3.94. The molecule has 3 rings (SSSR count). The van der Waals surface area contributed by atoms with Gasteiger partial charge in [-0.05, 0) is 17.7 Å². The standard InChI is InChI=1S/C11H11ClN6/c12-8-1-2-9-7(5-14-10(9)3-8)4-13-6-11-15-17-18-16-11/h1-3,5,13-14H,4,6H2,(H,15,16,17,18). The molecule has 6 nitrogen and oxygen atoms in total. The minimum absolute atomic E-state index is 0.580. The van der Waals surface area contributed by atoms with Gasteiger partial charge in [-0.2, -0.15) is 5.21 Å². The maximum Gasteiger partial charge on any atom is 0.188 e. The molecule has 0 radical (unpaired) electrons. The summed E-state index contributed by atoms with van der Waals surface area (Å²) >= 11 is 5.94. The highest BCUT2D eigenvalue weighted by Crippen LogP contribution is 2.21. The molecule has 0 aliphatic rings. The Balaban J connectivity index is 1.71. The van der Waals surface area contributed by atoms with Gasteiger partial charge in [0.05, 0.1) is 6.54 Å². The number of nitrogens with one attached hydrogen (secondary N) is 3. The molecule has 7 heteroatoms. The summed E-state index contributed by atoms with van der Waals surface area (Å²) in [4.78, 5) is 3.20. The molecule has 18 heavy (non-hydrogen) atoms. The highest BCUT2D eigenvalue weighted by Gasteiger charge is 2.04. The lowest BCUT2D eigenvalue weighted by molar-refractivity contribution is 0.666. The Labute approximate surface area is 108 Å². The molecule has 0 aliphatic heterocycles. The van der Waals surface area contributed by atoms with Crippen LogP contribution in [0.1, 0.15) is 11.4 Å². The molecule has 0 saturated heterocycles. The zero-order valence-corrected chi connectivity index (χ0v) is 10.2. The maximum atomic E-state index is 5.94. The van der Waals surface area contributed by atoms with Crippen molar-refractivity contribution in [2.45, 2.75) is 13.1 Å². The first-order valence-corrected chi connectivity index (χ1v) is 5.89. The van der Waals surface area contributed by atoms with Crippen molar-refractivity contribution in [1.82, 2.24) is 30.9 Å². The minimum Gasteiger partial charge on any atom is -0.361 e. The van der Waals surface area contributed by atoms with Gasteiger partial charge < -0.3 is 10.3 Å². The van der Waals surface area contributed by atoms with E-state index in [0.717, 1.165) is 17.1 Å². The van der Waals surface area contributed by atoms with Crippen LogP contribution in [0.5, 0.6) is 0 Å². The molecular formula is C11H11ClN6. The van der Waals surface area contributed by atoms with Gasteiger partial charge >= 0.3 is 0 Å². The van der Waals surface area contributed by atoms with Crippen LogP contribution in [-0.4, -0.2) is 25.6 Å². The molecule has 92 valence electrons. The van der Waals surface area contributed by atoms with Gasteiger partial charge in [0, 0.05) is 28.7 Å². The van der Waals surface area contributed by atoms with Gasteiger partial charge in [-0.1, -0.05) is 22.9 Å². The van der Waals surface area contributed by atoms with Crippen LogP contribution in [0.2, 0.25) is 5.02 Å². The van der Waals surface area contributed by atoms with Crippen molar-refractivity contribution in [2.75, 3.05) is 0 Å². The number of aromatic amines is 2. The van der Waals surface area contributed by atoms with E-state index in [1.54, 1.807) is 0 Å². The first kappa shape index (κ1) is 11.2. The van der Waals surface area contributed by atoms with E-state index in [9.17, 15) is 0 Å². The number of fused-ring (bicyclic) bond motifs is 1. The Morgan fingerprint density at radius 3 is 3.06 bits per heavy atom. The molecule has 2 heterocycles. The quantitative estimate of drug-likeness (QED) is 0.667. The lowest BCUT2D eigenvalue weighted by Gasteiger charge is -2.00. The Kier molecular flexibility index (Phi) is 2.95. The molecule has 3 N–H and O–H groups in total. The highest BCUT2D eigenvalue weighted by molar-refractivity contribution is 6.31. The normalized spacial score (nSPS) is 11.2. The number of rotatable bonds is 4.